The van der Waals surface area contributed by atoms with Gasteiger partial charge in [0.1, 0.15) is 5.75 Å². The van der Waals surface area contributed by atoms with Crippen LogP contribution in [0.25, 0.3) is 28.5 Å². The molecular formula is C22H20N4O2. The Hall–Kier alpha value is -3.41. The molecule has 0 unspecified atom stereocenters. The van der Waals surface area contributed by atoms with Crippen molar-refractivity contribution < 1.29 is 9.15 Å². The average molecular weight is 372 g/mol. The van der Waals surface area contributed by atoms with E-state index in [2.05, 4.69) is 10.2 Å². The Kier molecular flexibility index (Phi) is 4.16. The Morgan fingerprint density at radius 2 is 1.79 bits per heavy atom. The summed E-state index contributed by atoms with van der Waals surface area (Å²) in [5.41, 5.74) is 3.63. The molecule has 1 fully saturated rings. The third-order valence-electron chi connectivity index (χ3n) is 5.21. The van der Waals surface area contributed by atoms with Crippen LogP contribution in [0.2, 0.25) is 0 Å². The third-order valence-corrected chi connectivity index (χ3v) is 5.21. The van der Waals surface area contributed by atoms with Crippen LogP contribution in [0.1, 0.15) is 31.1 Å². The molecule has 0 aliphatic heterocycles. The van der Waals surface area contributed by atoms with Crippen LogP contribution < -0.4 is 4.74 Å². The average Bonchev–Trinajstić information content (AvgIpc) is 3.35. The molecule has 0 saturated heterocycles. The van der Waals surface area contributed by atoms with Crippen molar-refractivity contribution in [1.82, 2.24) is 20.0 Å². The van der Waals surface area contributed by atoms with Gasteiger partial charge < -0.3 is 9.15 Å². The van der Waals surface area contributed by atoms with E-state index >= 15 is 0 Å². The molecule has 0 amide bonds. The second-order valence-electron chi connectivity index (χ2n) is 6.96. The monoisotopic (exact) mass is 372 g/mol. The van der Waals surface area contributed by atoms with Gasteiger partial charge in [0.15, 0.2) is 5.69 Å². The number of benzene rings is 2. The van der Waals surface area contributed by atoms with Crippen molar-refractivity contribution in [3.8, 4) is 34.3 Å². The number of rotatable bonds is 5. The number of hydrogen-bond acceptors (Lipinski definition) is 5. The fourth-order valence-electron chi connectivity index (χ4n) is 3.38. The van der Waals surface area contributed by atoms with Crippen molar-refractivity contribution in [2.45, 2.75) is 25.2 Å². The van der Waals surface area contributed by atoms with Gasteiger partial charge in [0.25, 0.3) is 5.89 Å². The molecule has 1 aliphatic rings. The zero-order valence-electron chi connectivity index (χ0n) is 15.6. The normalized spacial score (nSPS) is 14.0. The molecule has 2 heterocycles. The van der Waals surface area contributed by atoms with E-state index in [1.54, 1.807) is 7.11 Å². The molecular weight excluding hydrogens is 352 g/mol. The molecule has 0 spiro atoms. The van der Waals surface area contributed by atoms with E-state index in [0.29, 0.717) is 17.5 Å². The first kappa shape index (κ1) is 16.7. The Labute approximate surface area is 162 Å². The molecule has 140 valence electrons. The van der Waals surface area contributed by atoms with Crippen molar-refractivity contribution in [3.05, 3.63) is 66.6 Å². The van der Waals surface area contributed by atoms with E-state index in [1.165, 1.54) is 6.42 Å². The summed E-state index contributed by atoms with van der Waals surface area (Å²) in [7, 11) is 1.66. The van der Waals surface area contributed by atoms with Gasteiger partial charge in [0.2, 0.25) is 5.89 Å². The molecule has 1 aliphatic carbocycles. The van der Waals surface area contributed by atoms with E-state index in [9.17, 15) is 0 Å². The maximum atomic E-state index is 5.93. The van der Waals surface area contributed by atoms with Gasteiger partial charge in [-0.1, -0.05) is 24.6 Å². The summed E-state index contributed by atoms with van der Waals surface area (Å²) in [4.78, 5) is 0. The van der Waals surface area contributed by atoms with Crippen LogP contribution in [0, 0.1) is 0 Å². The summed E-state index contributed by atoms with van der Waals surface area (Å²) in [6.07, 6.45) is 3.47. The second-order valence-corrected chi connectivity index (χ2v) is 6.96. The van der Waals surface area contributed by atoms with Gasteiger partial charge in [-0.15, -0.1) is 10.2 Å². The van der Waals surface area contributed by atoms with Gasteiger partial charge in [-0.2, -0.15) is 5.10 Å². The molecule has 6 nitrogen and oxygen atoms in total. The number of hydrogen-bond donors (Lipinski definition) is 0. The Morgan fingerprint density at radius 1 is 1.00 bits per heavy atom. The SMILES string of the molecule is COc1ccc(-c2cc(-c3nnc(C4CCC4)o3)nn2-c2ccccc2)cc1. The quantitative estimate of drug-likeness (QED) is 0.500. The standard InChI is InChI=1S/C22H20N4O2/c1-27-18-12-10-15(11-13-18)20-14-19(25-26(20)17-8-3-2-4-9-17)22-24-23-21(28-22)16-6-5-7-16/h2-4,8-14,16H,5-7H2,1H3. The summed E-state index contributed by atoms with van der Waals surface area (Å²) in [5, 5.41) is 13.3. The fourth-order valence-corrected chi connectivity index (χ4v) is 3.38. The zero-order chi connectivity index (χ0) is 18.9. The Balaban J connectivity index is 1.59. The zero-order valence-corrected chi connectivity index (χ0v) is 15.6. The molecule has 5 rings (SSSR count). The van der Waals surface area contributed by atoms with Crippen LogP contribution in [0.5, 0.6) is 5.75 Å². The minimum absolute atomic E-state index is 0.401. The van der Waals surface area contributed by atoms with Crippen molar-refractivity contribution in [1.29, 1.82) is 0 Å². The van der Waals surface area contributed by atoms with Crippen molar-refractivity contribution in [2.75, 3.05) is 7.11 Å². The molecule has 1 saturated carbocycles. The van der Waals surface area contributed by atoms with Crippen molar-refractivity contribution in [2.24, 2.45) is 0 Å². The highest BCUT2D eigenvalue weighted by Crippen LogP contribution is 2.37. The van der Waals surface area contributed by atoms with E-state index < -0.39 is 0 Å². The lowest BCUT2D eigenvalue weighted by Crippen LogP contribution is -2.08. The first-order chi connectivity index (χ1) is 13.8. The Bertz CT molecular complexity index is 1080. The molecule has 6 heteroatoms. The minimum atomic E-state index is 0.401. The third kappa shape index (κ3) is 2.97. The first-order valence-corrected chi connectivity index (χ1v) is 9.45. The van der Waals surface area contributed by atoms with Crippen molar-refractivity contribution >= 4 is 0 Å². The van der Waals surface area contributed by atoms with Gasteiger partial charge in [0, 0.05) is 11.5 Å². The van der Waals surface area contributed by atoms with Gasteiger partial charge in [0.05, 0.1) is 18.5 Å². The van der Waals surface area contributed by atoms with Crippen molar-refractivity contribution in [3.63, 3.8) is 0 Å². The lowest BCUT2D eigenvalue weighted by molar-refractivity contribution is 0.338. The smallest absolute Gasteiger partial charge is 0.268 e. The summed E-state index contributed by atoms with van der Waals surface area (Å²) < 4.78 is 13.1. The van der Waals surface area contributed by atoms with Gasteiger partial charge in [-0.25, -0.2) is 4.68 Å². The molecule has 0 radical (unpaired) electrons. The van der Waals surface area contributed by atoms with E-state index in [4.69, 9.17) is 14.3 Å². The highest BCUT2D eigenvalue weighted by Gasteiger charge is 2.26. The van der Waals surface area contributed by atoms with Gasteiger partial charge in [-0.3, -0.25) is 0 Å². The first-order valence-electron chi connectivity index (χ1n) is 9.45. The second kappa shape index (κ2) is 6.96. The van der Waals surface area contributed by atoms with E-state index in [-0.39, 0.29) is 0 Å². The van der Waals surface area contributed by atoms with Crippen LogP contribution in [-0.2, 0) is 0 Å². The number of para-hydroxylation sites is 1. The number of methoxy groups -OCH3 is 1. The van der Waals surface area contributed by atoms with Crippen LogP contribution in [0.4, 0.5) is 0 Å². The molecule has 0 atom stereocenters. The molecule has 28 heavy (non-hydrogen) atoms. The maximum Gasteiger partial charge on any atom is 0.268 e. The molecule has 4 aromatic rings. The highest BCUT2D eigenvalue weighted by atomic mass is 16.5. The molecule has 0 N–H and O–H groups in total. The van der Waals surface area contributed by atoms with E-state index in [1.807, 2.05) is 65.3 Å². The number of ether oxygens (including phenoxy) is 1. The number of aromatic nitrogens is 4. The van der Waals surface area contributed by atoms with Crippen LogP contribution >= 0.6 is 0 Å². The largest absolute Gasteiger partial charge is 0.497 e. The van der Waals surface area contributed by atoms with Crippen LogP contribution in [0.3, 0.4) is 0 Å². The summed E-state index contributed by atoms with van der Waals surface area (Å²) >= 11 is 0. The minimum Gasteiger partial charge on any atom is -0.497 e. The molecule has 2 aromatic heterocycles. The topological polar surface area (TPSA) is 66.0 Å². The molecule has 0 bridgehead atoms. The summed E-state index contributed by atoms with van der Waals surface area (Å²) in [6.45, 7) is 0. The predicted octanol–water partition coefficient (Wildman–Crippen LogP) is 4.87. The summed E-state index contributed by atoms with van der Waals surface area (Å²) in [5.74, 6) is 2.41. The lowest BCUT2D eigenvalue weighted by atomic mass is 9.85. The van der Waals surface area contributed by atoms with Crippen LogP contribution in [0.15, 0.2) is 65.1 Å². The van der Waals surface area contributed by atoms with Gasteiger partial charge in [-0.05, 0) is 55.3 Å². The predicted molar refractivity (Wildman–Crippen MR) is 105 cm³/mol. The van der Waals surface area contributed by atoms with Crippen LogP contribution in [-0.4, -0.2) is 27.1 Å². The Morgan fingerprint density at radius 3 is 2.46 bits per heavy atom. The highest BCUT2D eigenvalue weighted by molar-refractivity contribution is 5.68. The van der Waals surface area contributed by atoms with E-state index in [0.717, 1.165) is 41.4 Å². The fraction of sp³-hybridized carbons (Fsp3) is 0.227. The lowest BCUT2D eigenvalue weighted by Gasteiger charge is -2.20. The molecule has 2 aromatic carbocycles. The maximum absolute atomic E-state index is 5.93. The summed E-state index contributed by atoms with van der Waals surface area (Å²) in [6, 6.07) is 20.0. The number of nitrogens with zero attached hydrogens (tertiary/aromatic N) is 4. The van der Waals surface area contributed by atoms with Gasteiger partial charge >= 0.3 is 0 Å².